The molecule has 1 saturated heterocycles. The minimum absolute atomic E-state index is 0.0351. The molecule has 9 rings (SSSR count). The van der Waals surface area contributed by atoms with Gasteiger partial charge in [-0.05, 0) is 79.4 Å². The summed E-state index contributed by atoms with van der Waals surface area (Å²) in [5.74, 6) is -1.09. The lowest BCUT2D eigenvalue weighted by atomic mass is 9.93. The normalized spacial score (nSPS) is 17.8. The van der Waals surface area contributed by atoms with Gasteiger partial charge in [0.2, 0.25) is 21.1 Å². The van der Waals surface area contributed by atoms with Crippen molar-refractivity contribution in [3.8, 4) is 22.5 Å². The molecule has 0 bridgehead atoms. The molecule has 0 spiro atoms. The Balaban J connectivity index is 1.23. The topological polar surface area (TPSA) is 209 Å². The van der Waals surface area contributed by atoms with E-state index in [-0.39, 0.29) is 40.6 Å². The van der Waals surface area contributed by atoms with Crippen LogP contribution in [0.1, 0.15) is 24.0 Å². The number of hydrogen-bond donors (Lipinski definition) is 5. The molecule has 5 N–H and O–H groups in total. The molecule has 0 radical (unpaired) electrons. The van der Waals surface area contributed by atoms with Crippen LogP contribution in [-0.4, -0.2) is 76.6 Å². The standard InChI is InChI=1S/C41H37N3O11S3/c45-41(46)25-13-17-42(18-14-25)56(47,48)39-4-2-1-3-34(39)40-32-9-5-28(43-19-15-26-21-30(57(49,50)51)7-11-35(26)43)23-37(32)55-38-24-29(6-10-33(38)40)44-20-16-27-22-31(58(52,53)54)8-12-36(27)44/h1-12,21-25H,13-20H2,(H4-,45,46,49,50,51,52,53,54)/p+1. The molecule has 0 amide bonds. The van der Waals surface area contributed by atoms with Crippen LogP contribution in [0.25, 0.3) is 33.4 Å². The summed E-state index contributed by atoms with van der Waals surface area (Å²) in [6.45, 7) is 1.24. The maximum absolute atomic E-state index is 14.4. The quantitative estimate of drug-likeness (QED) is 0.0634. The summed E-state index contributed by atoms with van der Waals surface area (Å²) in [6, 6.07) is 27.4. The molecule has 0 saturated carbocycles. The van der Waals surface area contributed by atoms with Crippen molar-refractivity contribution in [2.45, 2.75) is 40.4 Å². The molecule has 0 aromatic heterocycles. The number of carbonyl (C=O) groups is 1. The van der Waals surface area contributed by atoms with Crippen molar-refractivity contribution in [1.29, 1.82) is 0 Å². The molecule has 5 aliphatic rings. The van der Waals surface area contributed by atoms with E-state index in [2.05, 4.69) is 4.58 Å². The molecule has 17 heteroatoms. The molecule has 4 heterocycles. The number of aliphatic carboxylic acids is 1. The monoisotopic (exact) mass is 844 g/mol. The summed E-state index contributed by atoms with van der Waals surface area (Å²) in [5, 5.41) is 11.0. The van der Waals surface area contributed by atoms with Gasteiger partial charge in [-0.3, -0.25) is 9.35 Å². The molecule has 1 aliphatic carbocycles. The van der Waals surface area contributed by atoms with Gasteiger partial charge in [-0.2, -0.15) is 17.3 Å². The lowest BCUT2D eigenvalue weighted by Crippen LogP contribution is -2.40. The van der Waals surface area contributed by atoms with Crippen LogP contribution in [-0.2, 0) is 37.8 Å². The maximum Gasteiger partial charge on any atom is 0.306 e. The van der Waals surface area contributed by atoms with E-state index in [1.807, 2.05) is 41.3 Å². The van der Waals surface area contributed by atoms with Crippen LogP contribution in [0, 0.1) is 5.92 Å². The van der Waals surface area contributed by atoms with E-state index in [1.165, 1.54) is 22.5 Å². The van der Waals surface area contributed by atoms with E-state index >= 15 is 0 Å². The first-order chi connectivity index (χ1) is 27.6. The second-order valence-electron chi connectivity index (χ2n) is 14.7. The van der Waals surface area contributed by atoms with Gasteiger partial charge in [0.15, 0.2) is 6.54 Å². The smallest absolute Gasteiger partial charge is 0.306 e. The molecule has 14 nitrogen and oxygen atoms in total. The number of anilines is 2. The van der Waals surface area contributed by atoms with Crippen LogP contribution < -0.4 is 14.8 Å². The van der Waals surface area contributed by atoms with Crippen LogP contribution in [0.5, 0.6) is 0 Å². The Kier molecular flexibility index (Phi) is 9.29. The highest BCUT2D eigenvalue weighted by molar-refractivity contribution is 8.19. The highest BCUT2D eigenvalue weighted by Gasteiger charge is 2.35. The second-order valence-corrected chi connectivity index (χ2v) is 19.6. The molecule has 0 atom stereocenters. The zero-order chi connectivity index (χ0) is 40.7. The van der Waals surface area contributed by atoms with Gasteiger partial charge in [-0.25, -0.2) is 8.42 Å². The lowest BCUT2D eigenvalue weighted by molar-refractivity contribution is -0.142. The molecule has 58 heavy (non-hydrogen) atoms. The molecule has 1 fully saturated rings. The number of sulfonamides is 1. The Hall–Kier alpha value is -5.11. The Morgan fingerprint density at radius 1 is 0.741 bits per heavy atom. The summed E-state index contributed by atoms with van der Waals surface area (Å²) < 4.78 is 102. The average molecular weight is 845 g/mol. The van der Waals surface area contributed by atoms with Crippen molar-refractivity contribution in [2.24, 2.45) is 5.92 Å². The summed E-state index contributed by atoms with van der Waals surface area (Å²) in [7, 11) is -12.4. The van der Waals surface area contributed by atoms with Crippen LogP contribution >= 0.6 is 10.9 Å². The highest BCUT2D eigenvalue weighted by atomic mass is 32.3. The molecular formula is C41H38N3O11S3+. The fourth-order valence-electron chi connectivity index (χ4n) is 8.50. The Morgan fingerprint density at radius 2 is 1.48 bits per heavy atom. The van der Waals surface area contributed by atoms with Gasteiger partial charge < -0.3 is 28.1 Å². The Labute approximate surface area is 335 Å². The van der Waals surface area contributed by atoms with E-state index in [9.17, 15) is 44.9 Å². The van der Waals surface area contributed by atoms with Gasteiger partial charge in [0.1, 0.15) is 22.2 Å². The fraction of sp³-hybridized carbons (Fsp3) is 0.220. The van der Waals surface area contributed by atoms with Crippen LogP contribution in [0.3, 0.4) is 0 Å². The molecular weight excluding hydrogens is 807 g/mol. The Morgan fingerprint density at radius 3 is 2.22 bits per heavy atom. The SMILES string of the molecule is O=C(O)C1CCN(S(=O)(=O)c2ccccc2-c2c3ccc(=[N+]4CCc5cc(S(O)(O)O)ccc54)cc-3oc3cc(N4CCc5cc(S(=O)(=O)O)ccc54)ccc23)CC1. The van der Waals surface area contributed by atoms with Crippen molar-refractivity contribution in [2.75, 3.05) is 31.1 Å². The summed E-state index contributed by atoms with van der Waals surface area (Å²) in [5.41, 5.74) is 6.09. The van der Waals surface area contributed by atoms with Gasteiger partial charge in [0.05, 0.1) is 26.7 Å². The first-order valence-electron chi connectivity index (χ1n) is 18.5. The number of fused-ring (bicyclic) bond motifs is 4. The number of rotatable bonds is 7. The summed E-state index contributed by atoms with van der Waals surface area (Å²) in [4.78, 5) is 13.6. The fourth-order valence-corrected chi connectivity index (χ4v) is 11.2. The zero-order valence-corrected chi connectivity index (χ0v) is 33.2. The van der Waals surface area contributed by atoms with Gasteiger partial charge in [-0.15, -0.1) is 0 Å². The third-order valence-electron chi connectivity index (χ3n) is 11.4. The number of piperidine rings is 1. The van der Waals surface area contributed by atoms with Crippen LogP contribution in [0.2, 0.25) is 0 Å². The molecule has 4 aliphatic heterocycles. The first-order valence-corrected chi connectivity index (χ1v) is 22.9. The molecule has 4 aromatic rings. The van der Waals surface area contributed by atoms with Gasteiger partial charge in [0, 0.05) is 83.3 Å². The summed E-state index contributed by atoms with van der Waals surface area (Å²) in [6.07, 6.45) is 1.53. The van der Waals surface area contributed by atoms with Gasteiger partial charge >= 0.3 is 5.97 Å². The van der Waals surface area contributed by atoms with Crippen molar-refractivity contribution < 1.29 is 49.4 Å². The van der Waals surface area contributed by atoms with E-state index in [4.69, 9.17) is 4.42 Å². The minimum Gasteiger partial charge on any atom is -0.481 e. The lowest BCUT2D eigenvalue weighted by Gasteiger charge is -2.30. The number of carboxylic acid groups (broad SMARTS) is 1. The van der Waals surface area contributed by atoms with Gasteiger partial charge in [0.25, 0.3) is 10.1 Å². The van der Waals surface area contributed by atoms with Crippen molar-refractivity contribution in [3.63, 3.8) is 0 Å². The molecule has 0 unspecified atom stereocenters. The van der Waals surface area contributed by atoms with Crippen molar-refractivity contribution in [3.05, 3.63) is 114 Å². The average Bonchev–Trinajstić information content (AvgIpc) is 3.83. The van der Waals surface area contributed by atoms with E-state index in [0.717, 1.165) is 33.5 Å². The van der Waals surface area contributed by atoms with E-state index in [1.54, 1.807) is 42.5 Å². The highest BCUT2D eigenvalue weighted by Crippen LogP contribution is 2.47. The minimum atomic E-state index is -4.38. The number of hydrogen-bond acceptors (Lipinski definition) is 10. The maximum atomic E-state index is 14.4. The molecule has 300 valence electrons. The molecule has 4 aromatic carbocycles. The zero-order valence-electron chi connectivity index (χ0n) is 30.7. The van der Waals surface area contributed by atoms with E-state index < -0.39 is 42.9 Å². The largest absolute Gasteiger partial charge is 0.481 e. The summed E-state index contributed by atoms with van der Waals surface area (Å²) >= 11 is 0. The van der Waals surface area contributed by atoms with Crippen LogP contribution in [0.15, 0.2) is 116 Å². The van der Waals surface area contributed by atoms with E-state index in [0.29, 0.717) is 59.4 Å². The third-order valence-corrected chi connectivity index (χ3v) is 15.1. The number of carboxylic acids is 1. The van der Waals surface area contributed by atoms with Crippen LogP contribution in [0.4, 0.5) is 17.1 Å². The predicted molar refractivity (Wildman–Crippen MR) is 218 cm³/mol. The Bertz CT molecular complexity index is 2950. The van der Waals surface area contributed by atoms with Gasteiger partial charge in [-0.1, -0.05) is 18.2 Å². The predicted octanol–water partition coefficient (Wildman–Crippen LogP) is 6.87. The van der Waals surface area contributed by atoms with Crippen molar-refractivity contribution >= 4 is 65.0 Å². The number of benzene rings is 5. The second kappa shape index (κ2) is 14.0. The third kappa shape index (κ3) is 6.66. The number of nitrogens with zero attached hydrogens (tertiary/aromatic N) is 3. The van der Waals surface area contributed by atoms with Crippen molar-refractivity contribution in [1.82, 2.24) is 8.88 Å². The first kappa shape index (κ1) is 38.4.